The third-order valence-electron chi connectivity index (χ3n) is 4.50. The molecule has 1 fully saturated rings. The third-order valence-corrected chi connectivity index (χ3v) is 4.83. The number of carbonyl (C=O) groups is 2. The van der Waals surface area contributed by atoms with Gasteiger partial charge in [0.2, 0.25) is 5.91 Å². The molecule has 1 aromatic carbocycles. The molecule has 0 spiro atoms. The van der Waals surface area contributed by atoms with Crippen LogP contribution in [0.3, 0.4) is 0 Å². The number of esters is 1. The highest BCUT2D eigenvalue weighted by molar-refractivity contribution is 6.33. The fraction of sp³-hybridized carbons (Fsp3) is 0.368. The van der Waals surface area contributed by atoms with Crippen LogP contribution in [0.5, 0.6) is 0 Å². The maximum absolute atomic E-state index is 12.2. The van der Waals surface area contributed by atoms with Crippen molar-refractivity contribution < 1.29 is 18.7 Å². The van der Waals surface area contributed by atoms with E-state index in [1.54, 1.807) is 18.2 Å². The molecule has 1 aliphatic heterocycles. The number of anilines is 1. The molecule has 2 heterocycles. The molecule has 1 amide bonds. The minimum absolute atomic E-state index is 0.0874. The van der Waals surface area contributed by atoms with Gasteiger partial charge in [0.1, 0.15) is 11.3 Å². The molecule has 1 saturated heterocycles. The van der Waals surface area contributed by atoms with Crippen molar-refractivity contribution in [1.82, 2.24) is 9.80 Å². The fourth-order valence-electron chi connectivity index (χ4n) is 3.02. The zero-order valence-electron chi connectivity index (χ0n) is 15.1. The molecular formula is C19H22ClN3O4. The van der Waals surface area contributed by atoms with Crippen molar-refractivity contribution >= 4 is 29.2 Å². The molecule has 0 atom stereocenters. The van der Waals surface area contributed by atoms with Crippen LogP contribution >= 0.6 is 11.6 Å². The molecule has 7 nitrogen and oxygen atoms in total. The van der Waals surface area contributed by atoms with Crippen LogP contribution in [0.25, 0.3) is 0 Å². The van der Waals surface area contributed by atoms with Gasteiger partial charge in [-0.05, 0) is 18.2 Å². The number of piperazine rings is 1. The van der Waals surface area contributed by atoms with E-state index in [4.69, 9.17) is 20.8 Å². The molecule has 1 aliphatic rings. The zero-order valence-corrected chi connectivity index (χ0v) is 15.9. The smallest absolute Gasteiger partial charge is 0.341 e. The van der Waals surface area contributed by atoms with Gasteiger partial charge in [0, 0.05) is 26.2 Å². The lowest BCUT2D eigenvalue weighted by Crippen LogP contribution is -2.48. The van der Waals surface area contributed by atoms with Crippen molar-refractivity contribution in [3.05, 3.63) is 52.9 Å². The monoisotopic (exact) mass is 391 g/mol. The lowest BCUT2D eigenvalue weighted by atomic mass is 10.2. The first-order chi connectivity index (χ1) is 13.1. The van der Waals surface area contributed by atoms with Gasteiger partial charge >= 0.3 is 5.97 Å². The molecule has 0 unspecified atom stereocenters. The predicted molar refractivity (Wildman–Crippen MR) is 102 cm³/mol. The van der Waals surface area contributed by atoms with Gasteiger partial charge in [0.25, 0.3) is 0 Å². The number of halogens is 1. The van der Waals surface area contributed by atoms with Crippen molar-refractivity contribution in [3.63, 3.8) is 0 Å². The molecule has 144 valence electrons. The van der Waals surface area contributed by atoms with Crippen LogP contribution in [0.1, 0.15) is 16.1 Å². The highest BCUT2D eigenvalue weighted by atomic mass is 35.5. The largest absolute Gasteiger partial charge is 0.467 e. The molecule has 0 aliphatic carbocycles. The van der Waals surface area contributed by atoms with Gasteiger partial charge in [-0.15, -0.1) is 0 Å². The van der Waals surface area contributed by atoms with E-state index in [-0.39, 0.29) is 5.91 Å². The van der Waals surface area contributed by atoms with Gasteiger partial charge in [0.05, 0.1) is 37.2 Å². The van der Waals surface area contributed by atoms with E-state index in [1.807, 2.05) is 12.1 Å². The van der Waals surface area contributed by atoms with Crippen LogP contribution in [0.15, 0.2) is 41.0 Å². The van der Waals surface area contributed by atoms with E-state index >= 15 is 0 Å². The summed E-state index contributed by atoms with van der Waals surface area (Å²) < 4.78 is 10.2. The first-order valence-corrected chi connectivity index (χ1v) is 9.08. The van der Waals surface area contributed by atoms with Crippen LogP contribution in [0.2, 0.25) is 5.02 Å². The first-order valence-electron chi connectivity index (χ1n) is 8.70. The van der Waals surface area contributed by atoms with E-state index < -0.39 is 5.97 Å². The number of furan rings is 1. The number of nitrogens with one attached hydrogen (secondary N) is 1. The Hall–Kier alpha value is -2.35. The van der Waals surface area contributed by atoms with Crippen molar-refractivity contribution in [3.8, 4) is 0 Å². The Bertz CT molecular complexity index is 800. The standard InChI is InChI=1S/C19H22ClN3O4/c1-26-19(25)14-6-11-27-17(14)12-22-7-9-23(10-8-22)13-18(24)21-16-5-3-2-4-15(16)20/h2-6,11H,7-10,12-13H2,1H3,(H,21,24). The third kappa shape index (κ3) is 5.09. The second kappa shape index (κ2) is 9.03. The lowest BCUT2D eigenvalue weighted by Gasteiger charge is -2.33. The molecule has 3 rings (SSSR count). The summed E-state index contributed by atoms with van der Waals surface area (Å²) in [5, 5.41) is 3.36. The Morgan fingerprint density at radius 1 is 1.15 bits per heavy atom. The highest BCUT2D eigenvalue weighted by Crippen LogP contribution is 2.20. The number of benzene rings is 1. The Morgan fingerprint density at radius 2 is 1.85 bits per heavy atom. The van der Waals surface area contributed by atoms with E-state index in [9.17, 15) is 9.59 Å². The minimum Gasteiger partial charge on any atom is -0.467 e. The van der Waals surface area contributed by atoms with Gasteiger partial charge in [-0.3, -0.25) is 14.6 Å². The summed E-state index contributed by atoms with van der Waals surface area (Å²) in [7, 11) is 1.35. The van der Waals surface area contributed by atoms with Gasteiger partial charge in [-0.1, -0.05) is 23.7 Å². The fourth-order valence-corrected chi connectivity index (χ4v) is 3.20. The number of nitrogens with zero attached hydrogens (tertiary/aromatic N) is 2. The van der Waals surface area contributed by atoms with Crippen LogP contribution in [0, 0.1) is 0 Å². The summed E-state index contributed by atoms with van der Waals surface area (Å²) in [5.41, 5.74) is 1.08. The number of hydrogen-bond donors (Lipinski definition) is 1. The maximum Gasteiger partial charge on any atom is 0.341 e. The summed E-state index contributed by atoms with van der Waals surface area (Å²) in [4.78, 5) is 28.2. The van der Waals surface area contributed by atoms with Crippen LogP contribution < -0.4 is 5.32 Å². The Labute approximate surface area is 162 Å². The summed E-state index contributed by atoms with van der Waals surface area (Å²) >= 11 is 6.07. The highest BCUT2D eigenvalue weighted by Gasteiger charge is 2.22. The molecule has 27 heavy (non-hydrogen) atoms. The van der Waals surface area contributed by atoms with E-state index in [0.717, 1.165) is 26.2 Å². The zero-order chi connectivity index (χ0) is 19.2. The average Bonchev–Trinajstić information content (AvgIpc) is 3.13. The Balaban J connectivity index is 1.46. The summed E-state index contributed by atoms with van der Waals surface area (Å²) in [6.45, 7) is 3.92. The average molecular weight is 392 g/mol. The van der Waals surface area contributed by atoms with Gasteiger partial charge < -0.3 is 14.5 Å². The molecule has 0 radical (unpaired) electrons. The number of carbonyl (C=O) groups excluding carboxylic acids is 2. The molecule has 1 aromatic heterocycles. The first kappa shape index (κ1) is 19.4. The van der Waals surface area contributed by atoms with Gasteiger partial charge in [-0.25, -0.2) is 4.79 Å². The molecule has 0 bridgehead atoms. The number of amides is 1. The van der Waals surface area contributed by atoms with E-state index in [2.05, 4.69) is 15.1 Å². The Morgan fingerprint density at radius 3 is 2.56 bits per heavy atom. The summed E-state index contributed by atoms with van der Waals surface area (Å²) in [6.07, 6.45) is 1.50. The number of methoxy groups -OCH3 is 1. The number of hydrogen-bond acceptors (Lipinski definition) is 6. The molecule has 2 aromatic rings. The van der Waals surface area contributed by atoms with Gasteiger partial charge in [-0.2, -0.15) is 0 Å². The van der Waals surface area contributed by atoms with Crippen molar-refractivity contribution in [1.29, 1.82) is 0 Å². The van der Waals surface area contributed by atoms with Gasteiger partial charge in [0.15, 0.2) is 0 Å². The van der Waals surface area contributed by atoms with Crippen LogP contribution in [-0.4, -0.2) is 61.5 Å². The maximum atomic E-state index is 12.2. The normalized spacial score (nSPS) is 15.5. The van der Waals surface area contributed by atoms with Crippen LogP contribution in [-0.2, 0) is 16.1 Å². The van der Waals surface area contributed by atoms with Crippen molar-refractivity contribution in [2.24, 2.45) is 0 Å². The van der Waals surface area contributed by atoms with Crippen LogP contribution in [0.4, 0.5) is 5.69 Å². The SMILES string of the molecule is COC(=O)c1ccoc1CN1CCN(CC(=O)Nc2ccccc2Cl)CC1. The lowest BCUT2D eigenvalue weighted by molar-refractivity contribution is -0.117. The minimum atomic E-state index is -0.395. The molecule has 8 heteroatoms. The molecule has 1 N–H and O–H groups in total. The quantitative estimate of drug-likeness (QED) is 0.762. The second-order valence-electron chi connectivity index (χ2n) is 6.33. The van der Waals surface area contributed by atoms with Crippen molar-refractivity contribution in [2.75, 3.05) is 45.2 Å². The molecule has 0 saturated carbocycles. The molecular weight excluding hydrogens is 370 g/mol. The van der Waals surface area contributed by atoms with E-state index in [0.29, 0.717) is 35.1 Å². The number of para-hydroxylation sites is 1. The van der Waals surface area contributed by atoms with Crippen molar-refractivity contribution in [2.45, 2.75) is 6.54 Å². The number of rotatable bonds is 6. The topological polar surface area (TPSA) is 75.0 Å². The number of ether oxygens (including phenoxy) is 1. The van der Waals surface area contributed by atoms with E-state index in [1.165, 1.54) is 13.4 Å². The predicted octanol–water partition coefficient (Wildman–Crippen LogP) is 2.48. The Kier molecular flexibility index (Phi) is 6.49. The summed E-state index contributed by atoms with van der Waals surface area (Å²) in [6, 6.07) is 8.80. The second-order valence-corrected chi connectivity index (χ2v) is 6.74. The summed E-state index contributed by atoms with van der Waals surface area (Å²) in [5.74, 6) is 0.121.